The van der Waals surface area contributed by atoms with Crippen molar-refractivity contribution in [3.05, 3.63) is 0 Å². The summed E-state index contributed by atoms with van der Waals surface area (Å²) in [6.45, 7) is 4.26. The minimum atomic E-state index is -0.680. The lowest BCUT2D eigenvalue weighted by atomic mass is 10.3. The van der Waals surface area contributed by atoms with Crippen molar-refractivity contribution in [1.82, 2.24) is 0 Å². The van der Waals surface area contributed by atoms with E-state index in [2.05, 4.69) is 21.3 Å². The van der Waals surface area contributed by atoms with Gasteiger partial charge < -0.3 is 14.2 Å². The summed E-state index contributed by atoms with van der Waals surface area (Å²) in [7, 11) is 0. The lowest BCUT2D eigenvalue weighted by molar-refractivity contribution is -0.136. The van der Waals surface area contributed by atoms with Crippen molar-refractivity contribution < 1.29 is 23.8 Å². The van der Waals surface area contributed by atoms with Crippen LogP contribution in [0.5, 0.6) is 0 Å². The van der Waals surface area contributed by atoms with Crippen LogP contribution in [0.25, 0.3) is 0 Å². The molecule has 0 spiro atoms. The lowest BCUT2D eigenvalue weighted by Gasteiger charge is -2.01. The van der Waals surface area contributed by atoms with Gasteiger partial charge in [-0.25, -0.2) is 9.59 Å². The number of hydrogen-bond donors (Lipinski definition) is 0. The van der Waals surface area contributed by atoms with Gasteiger partial charge in [0.1, 0.15) is 0 Å². The third-order valence-corrected chi connectivity index (χ3v) is 1.39. The van der Waals surface area contributed by atoms with Gasteiger partial charge in [-0.3, -0.25) is 0 Å². The van der Waals surface area contributed by atoms with Crippen LogP contribution >= 0.6 is 0 Å². The van der Waals surface area contributed by atoms with Crippen molar-refractivity contribution in [3.63, 3.8) is 0 Å². The zero-order valence-corrected chi connectivity index (χ0v) is 9.58. The molecule has 0 amide bonds. The molecule has 90 valence electrons. The molecule has 0 bridgehead atoms. The molecule has 5 heteroatoms. The van der Waals surface area contributed by atoms with Crippen LogP contribution in [0, 0.1) is 11.8 Å². The Labute approximate surface area is 95.1 Å². The first-order valence-electron chi connectivity index (χ1n) is 5.15. The zero-order chi connectivity index (χ0) is 12.2. The van der Waals surface area contributed by atoms with Gasteiger partial charge in [-0.2, -0.15) is 0 Å². The number of unbranched alkanes of at least 4 members (excludes halogenated alkanes) is 1. The summed E-state index contributed by atoms with van der Waals surface area (Å²) in [4.78, 5) is 21.5. The highest BCUT2D eigenvalue weighted by Gasteiger charge is 1.99. The van der Waals surface area contributed by atoms with E-state index >= 15 is 0 Å². The van der Waals surface area contributed by atoms with Gasteiger partial charge in [0.05, 0.1) is 19.8 Å². The SMILES string of the molecule is CCOC(=O)C#CCCCOC(=O)OCC. The van der Waals surface area contributed by atoms with E-state index in [9.17, 15) is 9.59 Å². The van der Waals surface area contributed by atoms with E-state index in [-0.39, 0.29) is 6.61 Å². The zero-order valence-electron chi connectivity index (χ0n) is 9.58. The van der Waals surface area contributed by atoms with Crippen molar-refractivity contribution in [3.8, 4) is 11.8 Å². The summed E-state index contributed by atoms with van der Waals surface area (Å²) in [6.07, 6.45) is 0.351. The maximum Gasteiger partial charge on any atom is 0.508 e. The number of carbonyl (C=O) groups excluding carboxylic acids is 2. The van der Waals surface area contributed by atoms with Gasteiger partial charge in [0, 0.05) is 12.3 Å². The summed E-state index contributed by atoms with van der Waals surface area (Å²) >= 11 is 0. The van der Waals surface area contributed by atoms with Gasteiger partial charge >= 0.3 is 12.1 Å². The first-order valence-corrected chi connectivity index (χ1v) is 5.15. The predicted octanol–water partition coefficient (Wildman–Crippen LogP) is 1.51. The van der Waals surface area contributed by atoms with E-state index < -0.39 is 12.1 Å². The van der Waals surface area contributed by atoms with E-state index in [1.807, 2.05) is 0 Å². The molecule has 0 aliphatic carbocycles. The van der Waals surface area contributed by atoms with Crippen LogP contribution in [0.1, 0.15) is 26.7 Å². The Morgan fingerprint density at radius 2 is 1.75 bits per heavy atom. The lowest BCUT2D eigenvalue weighted by Crippen LogP contribution is -2.07. The van der Waals surface area contributed by atoms with Crippen LogP contribution < -0.4 is 0 Å². The molecule has 0 rings (SSSR count). The molecular weight excluding hydrogens is 212 g/mol. The molecule has 0 fully saturated rings. The molecule has 16 heavy (non-hydrogen) atoms. The van der Waals surface area contributed by atoms with Crippen molar-refractivity contribution in [2.75, 3.05) is 19.8 Å². The van der Waals surface area contributed by atoms with Crippen molar-refractivity contribution in [2.45, 2.75) is 26.7 Å². The second-order valence-corrected chi connectivity index (χ2v) is 2.66. The molecule has 0 heterocycles. The van der Waals surface area contributed by atoms with E-state index in [1.165, 1.54) is 0 Å². The van der Waals surface area contributed by atoms with Crippen molar-refractivity contribution in [1.29, 1.82) is 0 Å². The third kappa shape index (κ3) is 8.88. The Morgan fingerprint density at radius 1 is 1.06 bits per heavy atom. The summed E-state index contributed by atoms with van der Waals surface area (Å²) in [5.74, 6) is 4.40. The van der Waals surface area contributed by atoms with E-state index in [1.54, 1.807) is 13.8 Å². The monoisotopic (exact) mass is 228 g/mol. The van der Waals surface area contributed by atoms with Gasteiger partial charge in [0.15, 0.2) is 0 Å². The van der Waals surface area contributed by atoms with Crippen LogP contribution in [0.4, 0.5) is 4.79 Å². The fourth-order valence-corrected chi connectivity index (χ4v) is 0.777. The van der Waals surface area contributed by atoms with Crippen molar-refractivity contribution >= 4 is 12.1 Å². The van der Waals surface area contributed by atoms with Gasteiger partial charge in [0.25, 0.3) is 0 Å². The minimum absolute atomic E-state index is 0.232. The quantitative estimate of drug-likeness (QED) is 0.309. The summed E-state index contributed by atoms with van der Waals surface area (Å²) in [5, 5.41) is 0. The fraction of sp³-hybridized carbons (Fsp3) is 0.636. The molecule has 0 aromatic rings. The standard InChI is InChI=1S/C11H16O5/c1-3-14-10(12)8-6-5-7-9-16-11(13)15-4-2/h3-5,7,9H2,1-2H3. The average Bonchev–Trinajstić information content (AvgIpc) is 2.24. The van der Waals surface area contributed by atoms with E-state index in [4.69, 9.17) is 4.74 Å². The molecule has 0 radical (unpaired) electrons. The van der Waals surface area contributed by atoms with Crippen LogP contribution in [-0.2, 0) is 19.0 Å². The Hall–Kier alpha value is -1.70. The summed E-state index contributed by atoms with van der Waals surface area (Å²) in [5.41, 5.74) is 0. The molecule has 0 saturated carbocycles. The molecule has 5 nitrogen and oxygen atoms in total. The minimum Gasteiger partial charge on any atom is -0.456 e. The second-order valence-electron chi connectivity index (χ2n) is 2.66. The second kappa shape index (κ2) is 9.84. The van der Waals surface area contributed by atoms with E-state index in [0.29, 0.717) is 26.1 Å². The molecule has 0 saturated heterocycles. The summed E-state index contributed by atoms with van der Waals surface area (Å²) < 4.78 is 13.8. The molecule has 0 unspecified atom stereocenters. The van der Waals surface area contributed by atoms with Crippen LogP contribution in [0.15, 0.2) is 0 Å². The first-order chi connectivity index (χ1) is 7.70. The maximum absolute atomic E-state index is 10.8. The average molecular weight is 228 g/mol. The van der Waals surface area contributed by atoms with Gasteiger partial charge in [0.2, 0.25) is 0 Å². The number of ether oxygens (including phenoxy) is 3. The summed E-state index contributed by atoms with van der Waals surface area (Å²) in [6, 6.07) is 0. The smallest absolute Gasteiger partial charge is 0.456 e. The van der Waals surface area contributed by atoms with Crippen LogP contribution in [0.2, 0.25) is 0 Å². The van der Waals surface area contributed by atoms with Gasteiger partial charge in [-0.05, 0) is 20.3 Å². The highest BCUT2D eigenvalue weighted by Crippen LogP contribution is 1.91. The molecular formula is C11H16O5. The fourth-order valence-electron chi connectivity index (χ4n) is 0.777. The predicted molar refractivity (Wildman–Crippen MR) is 56.6 cm³/mol. The molecule has 0 N–H and O–H groups in total. The molecule has 0 aromatic heterocycles. The highest BCUT2D eigenvalue weighted by molar-refractivity contribution is 5.88. The molecule has 0 atom stereocenters. The third-order valence-electron chi connectivity index (χ3n) is 1.39. The van der Waals surface area contributed by atoms with Gasteiger partial charge in [-0.15, -0.1) is 0 Å². The Bertz CT molecular complexity index is 274. The normalized spacial score (nSPS) is 8.62. The number of rotatable bonds is 5. The first kappa shape index (κ1) is 14.3. The van der Waals surface area contributed by atoms with Crippen LogP contribution in [-0.4, -0.2) is 31.9 Å². The molecule has 0 aliphatic heterocycles. The number of carbonyl (C=O) groups is 2. The van der Waals surface area contributed by atoms with E-state index in [0.717, 1.165) is 0 Å². The Morgan fingerprint density at radius 3 is 2.38 bits per heavy atom. The molecule has 0 aliphatic rings. The Balaban J connectivity index is 3.45. The highest BCUT2D eigenvalue weighted by atomic mass is 16.7. The molecule has 0 aromatic carbocycles. The maximum atomic E-state index is 10.8. The van der Waals surface area contributed by atoms with Crippen LogP contribution in [0.3, 0.4) is 0 Å². The number of esters is 1. The van der Waals surface area contributed by atoms with Crippen molar-refractivity contribution in [2.24, 2.45) is 0 Å². The Kier molecular flexibility index (Phi) is 8.79. The number of hydrogen-bond acceptors (Lipinski definition) is 5. The topological polar surface area (TPSA) is 61.8 Å². The largest absolute Gasteiger partial charge is 0.508 e. The van der Waals surface area contributed by atoms with Gasteiger partial charge in [-0.1, -0.05) is 5.92 Å².